The zero-order valence-corrected chi connectivity index (χ0v) is 19.9. The van der Waals surface area contributed by atoms with Crippen molar-refractivity contribution in [2.45, 2.75) is 45.5 Å². The van der Waals surface area contributed by atoms with Gasteiger partial charge in [0.05, 0.1) is 12.7 Å². The minimum atomic E-state index is -0.996. The fourth-order valence-electron chi connectivity index (χ4n) is 3.71. The van der Waals surface area contributed by atoms with Crippen molar-refractivity contribution in [3.63, 3.8) is 0 Å². The fourth-order valence-corrected chi connectivity index (χ4v) is 4.09. The van der Waals surface area contributed by atoms with Crippen LogP contribution < -0.4 is 10.9 Å². The molecule has 1 aromatic carbocycles. The van der Waals surface area contributed by atoms with Gasteiger partial charge in [0.1, 0.15) is 18.3 Å². The zero-order valence-electron chi connectivity index (χ0n) is 18.3. The second kappa shape index (κ2) is 9.82. The number of carbonyl (C=O) groups is 1. The lowest BCUT2D eigenvalue weighted by molar-refractivity contribution is 0.0718. The predicted molar refractivity (Wildman–Crippen MR) is 125 cm³/mol. The van der Waals surface area contributed by atoms with Gasteiger partial charge in [0, 0.05) is 18.3 Å². The van der Waals surface area contributed by atoms with Gasteiger partial charge in [0.25, 0.3) is 5.56 Å². The Hall–Kier alpha value is -3.08. The summed E-state index contributed by atoms with van der Waals surface area (Å²) < 4.78 is 20.6. The molecule has 33 heavy (non-hydrogen) atoms. The van der Waals surface area contributed by atoms with Gasteiger partial charge < -0.3 is 15.0 Å². The average molecular weight is 519 g/mol. The molecule has 1 unspecified atom stereocenters. The lowest BCUT2D eigenvalue weighted by atomic mass is 10.1. The van der Waals surface area contributed by atoms with E-state index in [0.717, 1.165) is 5.56 Å². The number of alkyl halides is 1. The van der Waals surface area contributed by atoms with E-state index in [9.17, 15) is 14.0 Å². The van der Waals surface area contributed by atoms with Crippen molar-refractivity contribution in [3.05, 3.63) is 51.0 Å². The van der Waals surface area contributed by atoms with Crippen molar-refractivity contribution in [2.75, 3.05) is 18.4 Å². The number of rotatable bonds is 5. The van der Waals surface area contributed by atoms with Crippen molar-refractivity contribution < 1.29 is 13.9 Å². The Balaban J connectivity index is 1.49. The first-order chi connectivity index (χ1) is 15.8. The molecule has 1 aliphatic heterocycles. The number of nitrogens with zero attached hydrogens (tertiary/aromatic N) is 5. The highest BCUT2D eigenvalue weighted by molar-refractivity contribution is 9.10. The second-order valence-electron chi connectivity index (χ2n) is 8.14. The van der Waals surface area contributed by atoms with E-state index in [-0.39, 0.29) is 29.4 Å². The summed E-state index contributed by atoms with van der Waals surface area (Å²) in [5.41, 5.74) is 2.10. The molecule has 2 aromatic heterocycles. The van der Waals surface area contributed by atoms with Crippen LogP contribution in [-0.2, 0) is 11.3 Å². The van der Waals surface area contributed by atoms with Gasteiger partial charge in [-0.05, 0) is 60.3 Å². The van der Waals surface area contributed by atoms with E-state index in [2.05, 4.69) is 36.2 Å². The van der Waals surface area contributed by atoms with Crippen LogP contribution in [0.2, 0.25) is 0 Å². The summed E-state index contributed by atoms with van der Waals surface area (Å²) >= 11 is 3.20. The molecule has 0 spiro atoms. The maximum atomic E-state index is 13.5. The van der Waals surface area contributed by atoms with E-state index >= 15 is 0 Å². The number of piperidine rings is 1. The quantitative estimate of drug-likeness (QED) is 0.535. The largest absolute Gasteiger partial charge is 0.445 e. The predicted octanol–water partition coefficient (Wildman–Crippen LogP) is 4.34. The summed E-state index contributed by atoms with van der Waals surface area (Å²) in [6, 6.07) is 7.16. The summed E-state index contributed by atoms with van der Waals surface area (Å²) in [5.74, 6) is 0.303. The van der Waals surface area contributed by atoms with Crippen LogP contribution in [0.15, 0.2) is 39.9 Å². The van der Waals surface area contributed by atoms with Crippen LogP contribution in [0.25, 0.3) is 11.2 Å². The molecule has 174 valence electrons. The highest BCUT2D eigenvalue weighted by Crippen LogP contribution is 2.20. The van der Waals surface area contributed by atoms with Crippen molar-refractivity contribution in [1.82, 2.24) is 24.4 Å². The molecule has 4 rings (SSSR count). The Morgan fingerprint density at radius 2 is 2.18 bits per heavy atom. The molecule has 0 radical (unpaired) electrons. The first-order valence-electron chi connectivity index (χ1n) is 10.7. The van der Waals surface area contributed by atoms with Crippen LogP contribution in [0.5, 0.6) is 0 Å². The molecule has 9 nitrogen and oxygen atoms in total. The molecule has 0 bridgehead atoms. The summed E-state index contributed by atoms with van der Waals surface area (Å²) in [7, 11) is 0. The minimum Gasteiger partial charge on any atom is -0.445 e. The molecular weight excluding hydrogens is 495 g/mol. The van der Waals surface area contributed by atoms with Gasteiger partial charge in [-0.15, -0.1) is 0 Å². The second-order valence-corrected chi connectivity index (χ2v) is 8.89. The number of anilines is 2. The van der Waals surface area contributed by atoms with Crippen LogP contribution in [-0.4, -0.2) is 49.8 Å². The molecule has 1 saturated heterocycles. The van der Waals surface area contributed by atoms with Crippen LogP contribution in [0.1, 0.15) is 38.3 Å². The molecule has 1 atom stereocenters. The lowest BCUT2D eigenvalue weighted by Gasteiger charge is -2.28. The highest BCUT2D eigenvalue weighted by Gasteiger charge is 2.24. The van der Waals surface area contributed by atoms with Gasteiger partial charge in [-0.2, -0.15) is 4.98 Å². The van der Waals surface area contributed by atoms with Crippen molar-refractivity contribution in [3.8, 4) is 0 Å². The maximum absolute atomic E-state index is 13.5. The molecule has 3 heterocycles. The number of hydrogen-bond acceptors (Lipinski definition) is 7. The Morgan fingerprint density at radius 3 is 2.94 bits per heavy atom. The third kappa shape index (κ3) is 5.29. The SMILES string of the molecule is CC(C)n1c(=O)c(Br)nc2cnc(Nc3cccc(COC(=O)N4CCCC(F)C4)c3)nc21. The van der Waals surface area contributed by atoms with Crippen molar-refractivity contribution in [2.24, 2.45) is 0 Å². The fraction of sp³-hybridized carbons (Fsp3) is 0.409. The van der Waals surface area contributed by atoms with Gasteiger partial charge in [-0.1, -0.05) is 12.1 Å². The number of halogens is 2. The smallest absolute Gasteiger partial charge is 0.410 e. The Morgan fingerprint density at radius 1 is 1.36 bits per heavy atom. The van der Waals surface area contributed by atoms with Crippen molar-refractivity contribution in [1.29, 1.82) is 0 Å². The minimum absolute atomic E-state index is 0.0607. The van der Waals surface area contributed by atoms with E-state index in [0.29, 0.717) is 42.2 Å². The topological polar surface area (TPSA) is 102 Å². The van der Waals surface area contributed by atoms with Gasteiger partial charge in [-0.25, -0.2) is 19.2 Å². The summed E-state index contributed by atoms with van der Waals surface area (Å²) in [5, 5.41) is 3.12. The third-order valence-corrected chi connectivity index (χ3v) is 5.79. The van der Waals surface area contributed by atoms with Crippen LogP contribution >= 0.6 is 15.9 Å². The molecule has 3 aromatic rings. The third-order valence-electron chi connectivity index (χ3n) is 5.28. The van der Waals surface area contributed by atoms with Crippen LogP contribution in [0.4, 0.5) is 20.8 Å². The first-order valence-corrected chi connectivity index (χ1v) is 11.5. The summed E-state index contributed by atoms with van der Waals surface area (Å²) in [4.78, 5) is 39.1. The molecule has 0 aliphatic carbocycles. The Bertz CT molecular complexity index is 1230. The monoisotopic (exact) mass is 518 g/mol. The first kappa shape index (κ1) is 23.1. The van der Waals surface area contributed by atoms with Crippen LogP contribution in [0.3, 0.4) is 0 Å². The lowest BCUT2D eigenvalue weighted by Crippen LogP contribution is -2.40. The molecular formula is C22H24BrFN6O3. The van der Waals surface area contributed by atoms with E-state index in [4.69, 9.17) is 4.74 Å². The standard InChI is InChI=1S/C22H24BrFN6O3/c1-13(2)30-19-17(27-18(23)20(30)31)10-25-21(28-19)26-16-7-3-5-14(9-16)12-33-22(32)29-8-4-6-15(24)11-29/h3,5,7,9-10,13,15H,4,6,8,11-12H2,1-2H3,(H,25,26,28). The van der Waals surface area contributed by atoms with Gasteiger partial charge in [-0.3, -0.25) is 9.36 Å². The Labute approximate surface area is 198 Å². The van der Waals surface area contributed by atoms with Crippen molar-refractivity contribution >= 4 is 44.8 Å². The van der Waals surface area contributed by atoms with E-state index in [1.165, 1.54) is 4.90 Å². The Kier molecular flexibility index (Phi) is 6.87. The molecule has 1 amide bonds. The number of likely N-dealkylation sites (tertiary alicyclic amines) is 1. The number of ether oxygens (including phenoxy) is 1. The zero-order chi connectivity index (χ0) is 23.5. The highest BCUT2D eigenvalue weighted by atomic mass is 79.9. The average Bonchev–Trinajstić information content (AvgIpc) is 2.78. The number of carbonyl (C=O) groups excluding carboxylic acids is 1. The van der Waals surface area contributed by atoms with Gasteiger partial charge in [0.2, 0.25) is 5.95 Å². The van der Waals surface area contributed by atoms with Gasteiger partial charge >= 0.3 is 6.09 Å². The number of aromatic nitrogens is 4. The van der Waals surface area contributed by atoms with E-state index in [1.807, 2.05) is 38.1 Å². The molecule has 1 fully saturated rings. The molecule has 11 heteroatoms. The maximum Gasteiger partial charge on any atom is 0.410 e. The van der Waals surface area contributed by atoms with Gasteiger partial charge in [0.15, 0.2) is 10.3 Å². The number of benzene rings is 1. The molecule has 0 saturated carbocycles. The number of nitrogens with one attached hydrogen (secondary N) is 1. The van der Waals surface area contributed by atoms with E-state index < -0.39 is 12.3 Å². The number of hydrogen-bond donors (Lipinski definition) is 1. The summed E-state index contributed by atoms with van der Waals surface area (Å²) in [6.07, 6.45) is 1.16. The van der Waals surface area contributed by atoms with E-state index in [1.54, 1.807) is 10.8 Å². The molecule has 1 aliphatic rings. The molecule has 1 N–H and O–H groups in total. The number of fused-ring (bicyclic) bond motifs is 1. The summed E-state index contributed by atoms with van der Waals surface area (Å²) in [6.45, 7) is 4.43. The number of amides is 1. The van der Waals surface area contributed by atoms with Crippen LogP contribution in [0, 0.1) is 0 Å². The normalized spacial score (nSPS) is 16.3.